The summed E-state index contributed by atoms with van der Waals surface area (Å²) in [6.45, 7) is 0.581. The van der Waals surface area contributed by atoms with Gasteiger partial charge in [0.15, 0.2) is 0 Å². The Balaban J connectivity index is 0. The van der Waals surface area contributed by atoms with Crippen molar-refractivity contribution in [1.29, 1.82) is 0 Å². The topological polar surface area (TPSA) is 107 Å². The Hall–Kier alpha value is 0.790. The van der Waals surface area contributed by atoms with Gasteiger partial charge in [-0.1, -0.05) is 6.92 Å². The van der Waals surface area contributed by atoms with Gasteiger partial charge in [-0.2, -0.15) is 0 Å². The van der Waals surface area contributed by atoms with Gasteiger partial charge in [0.2, 0.25) is 0 Å². The quantitative estimate of drug-likeness (QED) is 0.356. The average Bonchev–Trinajstić information content (AvgIpc) is 2.02. The van der Waals surface area contributed by atoms with Crippen LogP contribution in [0.1, 0.15) is 13.3 Å². The zero-order chi connectivity index (χ0) is 10.5. The van der Waals surface area contributed by atoms with Crippen LogP contribution in [0.25, 0.3) is 0 Å². The van der Waals surface area contributed by atoms with Crippen LogP contribution in [0.2, 0.25) is 0 Å². The molecule has 8 heteroatoms. The van der Waals surface area contributed by atoms with E-state index in [4.69, 9.17) is 10.2 Å². The summed E-state index contributed by atoms with van der Waals surface area (Å²) in [5, 5.41) is 17.2. The van der Waals surface area contributed by atoms with Crippen LogP contribution in [0.15, 0.2) is 0 Å². The zero-order valence-electron chi connectivity index (χ0n) is 8.21. The first-order chi connectivity index (χ1) is 5.91. The van der Waals surface area contributed by atoms with Crippen LogP contribution in [-0.2, 0) is 14.9 Å². The van der Waals surface area contributed by atoms with E-state index in [1.54, 1.807) is 0 Å². The van der Waals surface area contributed by atoms with Gasteiger partial charge in [0.05, 0.1) is 13.2 Å². The number of aliphatic hydroxyl groups excluding tert-OH is 2. The molecule has 2 N–H and O–H groups in total. The van der Waals surface area contributed by atoms with Gasteiger partial charge in [-0.05, 0) is 6.42 Å². The minimum atomic E-state index is -4.48. The number of hydrogen-bond acceptors (Lipinski definition) is 6. The van der Waals surface area contributed by atoms with Crippen molar-refractivity contribution in [2.45, 2.75) is 24.9 Å². The Morgan fingerprint density at radius 1 is 1.50 bits per heavy atom. The van der Waals surface area contributed by atoms with Gasteiger partial charge in [-0.3, -0.25) is 0 Å². The molecule has 0 saturated carbocycles. The molecule has 0 aromatic carbocycles. The number of ether oxygens (including phenoxy) is 1. The molecule has 0 aliphatic rings. The van der Waals surface area contributed by atoms with E-state index in [-0.39, 0.29) is 42.6 Å². The maximum absolute atomic E-state index is 10.4. The van der Waals surface area contributed by atoms with E-state index in [1.807, 2.05) is 0 Å². The van der Waals surface area contributed by atoms with Crippen LogP contribution in [0.4, 0.5) is 0 Å². The molecular weight excluding hydrogens is 223 g/mol. The standard InChI is InChI=1S/C6H14O6S.Na/c1-2-6(13(9,10)11)12-4-5(8)3-7;/h5-8H,2-4H2,1H3,(H,9,10,11);/q;+1/p-1. The number of rotatable bonds is 6. The third-order valence-electron chi connectivity index (χ3n) is 1.34. The molecule has 0 fully saturated rings. The van der Waals surface area contributed by atoms with Crippen molar-refractivity contribution in [2.75, 3.05) is 13.2 Å². The van der Waals surface area contributed by atoms with Gasteiger partial charge >= 0.3 is 29.6 Å². The first kappa shape index (κ1) is 17.2. The molecule has 2 unspecified atom stereocenters. The summed E-state index contributed by atoms with van der Waals surface area (Å²) in [6, 6.07) is 0. The van der Waals surface area contributed by atoms with Crippen molar-refractivity contribution in [1.82, 2.24) is 0 Å². The summed E-state index contributed by atoms with van der Waals surface area (Å²) in [7, 11) is -4.48. The smallest absolute Gasteiger partial charge is 0.746 e. The monoisotopic (exact) mass is 236 g/mol. The molecule has 0 heterocycles. The van der Waals surface area contributed by atoms with E-state index < -0.39 is 28.3 Å². The molecule has 0 rings (SSSR count). The fraction of sp³-hybridized carbons (Fsp3) is 1.00. The Bertz CT molecular complexity index is 228. The Kier molecular flexibility index (Phi) is 9.83. The fourth-order valence-corrected chi connectivity index (χ4v) is 1.33. The van der Waals surface area contributed by atoms with Gasteiger partial charge in [-0.15, -0.1) is 0 Å². The van der Waals surface area contributed by atoms with E-state index >= 15 is 0 Å². The second-order valence-corrected chi connectivity index (χ2v) is 4.01. The number of hydrogen-bond donors (Lipinski definition) is 2. The van der Waals surface area contributed by atoms with E-state index in [9.17, 15) is 13.0 Å². The molecule has 0 aromatic rings. The summed E-state index contributed by atoms with van der Waals surface area (Å²) in [4.78, 5) is 0. The zero-order valence-corrected chi connectivity index (χ0v) is 11.0. The van der Waals surface area contributed by atoms with Crippen molar-refractivity contribution in [3.8, 4) is 0 Å². The molecule has 0 amide bonds. The summed E-state index contributed by atoms with van der Waals surface area (Å²) >= 11 is 0. The second-order valence-electron chi connectivity index (χ2n) is 2.50. The Labute approximate surface area is 105 Å². The summed E-state index contributed by atoms with van der Waals surface area (Å²) in [6.07, 6.45) is -1.14. The van der Waals surface area contributed by atoms with Crippen LogP contribution in [0.5, 0.6) is 0 Å². The SMILES string of the molecule is CCC(OCC(O)CO)S(=O)(=O)[O-].[Na+]. The maximum Gasteiger partial charge on any atom is 1.00 e. The van der Waals surface area contributed by atoms with Crippen molar-refractivity contribution in [3.05, 3.63) is 0 Å². The van der Waals surface area contributed by atoms with Crippen LogP contribution in [0, 0.1) is 0 Å². The normalized spacial score (nSPS) is 15.7. The number of aliphatic hydroxyl groups is 2. The van der Waals surface area contributed by atoms with Crippen molar-refractivity contribution >= 4 is 10.1 Å². The maximum atomic E-state index is 10.4. The average molecular weight is 236 g/mol. The molecular formula is C6H13NaO6S. The minimum absolute atomic E-state index is 0. The predicted octanol–water partition coefficient (Wildman–Crippen LogP) is -4.36. The second kappa shape index (κ2) is 8.00. The molecule has 0 radical (unpaired) electrons. The van der Waals surface area contributed by atoms with Gasteiger partial charge < -0.3 is 19.5 Å². The molecule has 0 aliphatic carbocycles. The molecule has 0 spiro atoms. The van der Waals surface area contributed by atoms with Gasteiger partial charge in [-0.25, -0.2) is 8.42 Å². The predicted molar refractivity (Wildman–Crippen MR) is 42.8 cm³/mol. The van der Waals surface area contributed by atoms with Crippen LogP contribution in [-0.4, -0.2) is 47.9 Å². The summed E-state index contributed by atoms with van der Waals surface area (Å²) < 4.78 is 35.9. The van der Waals surface area contributed by atoms with E-state index in [1.165, 1.54) is 6.92 Å². The van der Waals surface area contributed by atoms with Crippen molar-refractivity contribution in [3.63, 3.8) is 0 Å². The first-order valence-corrected chi connectivity index (χ1v) is 5.24. The Morgan fingerprint density at radius 3 is 2.29 bits per heavy atom. The molecule has 0 aliphatic heterocycles. The molecule has 0 aromatic heterocycles. The molecule has 80 valence electrons. The third-order valence-corrected chi connectivity index (χ3v) is 2.45. The largest absolute Gasteiger partial charge is 1.00 e. The van der Waals surface area contributed by atoms with E-state index in [0.29, 0.717) is 0 Å². The van der Waals surface area contributed by atoms with Crippen LogP contribution in [0.3, 0.4) is 0 Å². The molecule has 0 bridgehead atoms. The van der Waals surface area contributed by atoms with Gasteiger partial charge in [0.1, 0.15) is 21.7 Å². The van der Waals surface area contributed by atoms with Gasteiger partial charge in [0.25, 0.3) is 0 Å². The van der Waals surface area contributed by atoms with E-state index in [2.05, 4.69) is 4.74 Å². The molecule has 6 nitrogen and oxygen atoms in total. The minimum Gasteiger partial charge on any atom is -0.746 e. The summed E-state index contributed by atoms with van der Waals surface area (Å²) in [5.74, 6) is 0. The van der Waals surface area contributed by atoms with Crippen molar-refractivity contribution in [2.24, 2.45) is 0 Å². The molecule has 14 heavy (non-hydrogen) atoms. The molecule has 0 saturated heterocycles. The van der Waals surface area contributed by atoms with Crippen LogP contribution < -0.4 is 29.6 Å². The Morgan fingerprint density at radius 2 is 2.00 bits per heavy atom. The van der Waals surface area contributed by atoms with Gasteiger partial charge in [0, 0.05) is 0 Å². The third kappa shape index (κ3) is 7.13. The van der Waals surface area contributed by atoms with Crippen molar-refractivity contribution < 1.29 is 57.5 Å². The first-order valence-electron chi connectivity index (χ1n) is 3.77. The summed E-state index contributed by atoms with van der Waals surface area (Å²) in [5.41, 5.74) is -1.45. The molecule has 2 atom stereocenters. The van der Waals surface area contributed by atoms with E-state index in [0.717, 1.165) is 0 Å². The fourth-order valence-electron chi connectivity index (χ4n) is 0.676. The van der Waals surface area contributed by atoms with Crippen LogP contribution >= 0.6 is 0 Å².